The van der Waals surface area contributed by atoms with Gasteiger partial charge in [0.1, 0.15) is 5.78 Å². The summed E-state index contributed by atoms with van der Waals surface area (Å²) in [6.45, 7) is 1.20. The third-order valence-electron chi connectivity index (χ3n) is 0.393. The van der Waals surface area contributed by atoms with Gasteiger partial charge in [-0.15, -0.1) is 0 Å². The number of hydrogen-bond acceptors (Lipinski definition) is 3. The van der Waals surface area contributed by atoms with E-state index in [0.717, 1.165) is 0 Å². The number of aliphatic carboxylic acids is 1. The van der Waals surface area contributed by atoms with Crippen molar-refractivity contribution < 1.29 is 36.4 Å². The van der Waals surface area contributed by atoms with Crippen molar-refractivity contribution in [1.29, 1.82) is 0 Å². The van der Waals surface area contributed by atoms with Gasteiger partial charge < -0.3 is 9.90 Å². The first kappa shape index (κ1) is 10.8. The molecule has 0 fully saturated rings. The zero-order chi connectivity index (χ0) is 5.86. The minimum atomic E-state index is -1.31. The molecule has 0 amide bonds. The number of rotatable bonds is 2. The maximum atomic E-state index is 9.83. The molecule has 0 bridgehead atoms. The molecule has 3 nitrogen and oxygen atoms in total. The van der Waals surface area contributed by atoms with Crippen LogP contribution in [0.15, 0.2) is 0 Å². The first-order valence-electron chi connectivity index (χ1n) is 1.82. The SMILES string of the molecule is CC(=O)CC(=O)[O-].[Ti]. The van der Waals surface area contributed by atoms with E-state index >= 15 is 0 Å². The van der Waals surface area contributed by atoms with Crippen LogP contribution in [0.1, 0.15) is 13.3 Å². The van der Waals surface area contributed by atoms with E-state index < -0.39 is 12.4 Å². The molecule has 0 saturated carbocycles. The van der Waals surface area contributed by atoms with Crippen molar-refractivity contribution in [3.63, 3.8) is 0 Å². The summed E-state index contributed by atoms with van der Waals surface area (Å²) >= 11 is 0. The quantitative estimate of drug-likeness (QED) is 0.362. The molecule has 0 atom stereocenters. The Bertz CT molecular complexity index is 87.5. The van der Waals surface area contributed by atoms with Gasteiger partial charge in [-0.05, 0) is 6.92 Å². The monoisotopic (exact) mass is 149 g/mol. The summed E-state index contributed by atoms with van der Waals surface area (Å²) in [5.74, 6) is -1.69. The number of hydrogen-bond donors (Lipinski definition) is 0. The van der Waals surface area contributed by atoms with Gasteiger partial charge in [-0.2, -0.15) is 0 Å². The van der Waals surface area contributed by atoms with Crippen molar-refractivity contribution in [2.75, 3.05) is 0 Å². The van der Waals surface area contributed by atoms with Gasteiger partial charge in [0, 0.05) is 34.1 Å². The predicted octanol–water partition coefficient (Wildman–Crippen LogP) is -1.29. The van der Waals surface area contributed by atoms with Gasteiger partial charge in [0.2, 0.25) is 0 Å². The molecule has 4 heteroatoms. The number of carboxylic acids is 1. The van der Waals surface area contributed by atoms with Crippen LogP contribution in [0.25, 0.3) is 0 Å². The van der Waals surface area contributed by atoms with E-state index in [0.29, 0.717) is 0 Å². The summed E-state index contributed by atoms with van der Waals surface area (Å²) < 4.78 is 0. The van der Waals surface area contributed by atoms with Gasteiger partial charge in [0.25, 0.3) is 0 Å². The first-order chi connectivity index (χ1) is 3.13. The van der Waals surface area contributed by atoms with Gasteiger partial charge in [0.15, 0.2) is 0 Å². The van der Waals surface area contributed by atoms with Crippen LogP contribution in [-0.2, 0) is 31.3 Å². The molecule has 0 unspecified atom stereocenters. The minimum Gasteiger partial charge on any atom is -0.550 e. The molecular formula is C4H5O3Ti-. The van der Waals surface area contributed by atoms with Crippen LogP contribution in [0.5, 0.6) is 0 Å². The second kappa shape index (κ2) is 5.00. The standard InChI is InChI=1S/C4H6O3.Ti/c1-3(5)2-4(6)7;/h2H2,1H3,(H,6,7);/p-1. The molecule has 44 valence electrons. The maximum absolute atomic E-state index is 9.83. The van der Waals surface area contributed by atoms with Gasteiger partial charge >= 0.3 is 0 Å². The van der Waals surface area contributed by atoms with Crippen molar-refractivity contribution in [1.82, 2.24) is 0 Å². The Morgan fingerprint density at radius 2 is 1.88 bits per heavy atom. The molecular weight excluding hydrogens is 144 g/mol. The smallest absolute Gasteiger partial charge is 0.135 e. The van der Waals surface area contributed by atoms with E-state index in [4.69, 9.17) is 0 Å². The second-order valence-corrected chi connectivity index (χ2v) is 1.25. The molecule has 0 saturated heterocycles. The fraction of sp³-hybridized carbons (Fsp3) is 0.500. The summed E-state index contributed by atoms with van der Waals surface area (Å²) in [6.07, 6.45) is -0.472. The second-order valence-electron chi connectivity index (χ2n) is 1.25. The van der Waals surface area contributed by atoms with Gasteiger partial charge in [-0.25, -0.2) is 0 Å². The van der Waals surface area contributed by atoms with E-state index in [1.807, 2.05) is 0 Å². The van der Waals surface area contributed by atoms with Crippen LogP contribution >= 0.6 is 0 Å². The van der Waals surface area contributed by atoms with Crippen LogP contribution in [0.2, 0.25) is 0 Å². The third-order valence-corrected chi connectivity index (χ3v) is 0.393. The van der Waals surface area contributed by atoms with Gasteiger partial charge in [-0.1, -0.05) is 0 Å². The average molecular weight is 149 g/mol. The van der Waals surface area contributed by atoms with Crippen molar-refractivity contribution in [2.24, 2.45) is 0 Å². The summed E-state index contributed by atoms with van der Waals surface area (Å²) in [7, 11) is 0. The van der Waals surface area contributed by atoms with E-state index in [1.165, 1.54) is 6.92 Å². The van der Waals surface area contributed by atoms with Crippen LogP contribution in [0.3, 0.4) is 0 Å². The molecule has 0 radical (unpaired) electrons. The number of carbonyl (C=O) groups excluding carboxylic acids is 2. The van der Waals surface area contributed by atoms with Crippen LogP contribution in [0.4, 0.5) is 0 Å². The molecule has 0 aliphatic heterocycles. The van der Waals surface area contributed by atoms with E-state index in [2.05, 4.69) is 0 Å². The molecule has 0 rings (SSSR count). The first-order valence-corrected chi connectivity index (χ1v) is 1.82. The predicted molar refractivity (Wildman–Crippen MR) is 20.3 cm³/mol. The maximum Gasteiger partial charge on any atom is 0.135 e. The van der Waals surface area contributed by atoms with Crippen LogP contribution in [-0.4, -0.2) is 11.8 Å². The summed E-state index contributed by atoms with van der Waals surface area (Å²) in [4.78, 5) is 19.3. The number of carboxylic acid groups (broad SMARTS) is 1. The number of Topliss-reactive ketones (excluding diaryl/α,β-unsaturated/α-hetero) is 1. The fourth-order valence-electron chi connectivity index (χ4n) is 0.203. The van der Waals surface area contributed by atoms with Crippen LogP contribution < -0.4 is 5.11 Å². The van der Waals surface area contributed by atoms with Crippen LogP contribution in [0, 0.1) is 0 Å². The van der Waals surface area contributed by atoms with Crippen molar-refractivity contribution in [3.8, 4) is 0 Å². The molecule has 0 spiro atoms. The molecule has 0 aliphatic carbocycles. The molecule has 0 aliphatic rings. The van der Waals surface area contributed by atoms with E-state index in [9.17, 15) is 14.7 Å². The Kier molecular flexibility index (Phi) is 6.73. The minimum absolute atomic E-state index is 0. The zero-order valence-electron chi connectivity index (χ0n) is 4.43. The molecule has 0 N–H and O–H groups in total. The molecule has 0 heterocycles. The zero-order valence-corrected chi connectivity index (χ0v) is 5.99. The largest absolute Gasteiger partial charge is 0.550 e. The number of ketones is 1. The van der Waals surface area contributed by atoms with Gasteiger partial charge in [0.05, 0.1) is 0 Å². The molecule has 0 aromatic rings. The number of carbonyl (C=O) groups is 2. The molecule has 0 aromatic carbocycles. The van der Waals surface area contributed by atoms with Crippen molar-refractivity contribution in [3.05, 3.63) is 0 Å². The van der Waals surface area contributed by atoms with E-state index in [-0.39, 0.29) is 27.5 Å². The molecule has 0 aromatic heterocycles. The third kappa shape index (κ3) is 9.29. The fourth-order valence-corrected chi connectivity index (χ4v) is 0.203. The average Bonchev–Trinajstić information content (AvgIpc) is 1.27. The topological polar surface area (TPSA) is 57.2 Å². The summed E-state index contributed by atoms with van der Waals surface area (Å²) in [5, 5.41) is 9.48. The Morgan fingerprint density at radius 3 is 1.88 bits per heavy atom. The summed E-state index contributed by atoms with van der Waals surface area (Å²) in [5.41, 5.74) is 0. The Morgan fingerprint density at radius 1 is 1.50 bits per heavy atom. The summed E-state index contributed by atoms with van der Waals surface area (Å²) in [6, 6.07) is 0. The van der Waals surface area contributed by atoms with E-state index in [1.54, 1.807) is 0 Å². The van der Waals surface area contributed by atoms with Gasteiger partial charge in [-0.3, -0.25) is 4.79 Å². The molecule has 8 heavy (non-hydrogen) atoms. The Labute approximate surface area is 62.0 Å². The Balaban J connectivity index is 0. The van der Waals surface area contributed by atoms with Crippen molar-refractivity contribution in [2.45, 2.75) is 13.3 Å². The Hall–Kier alpha value is -0.146. The normalized spacial score (nSPS) is 7.12. The van der Waals surface area contributed by atoms with Crippen molar-refractivity contribution >= 4 is 11.8 Å².